The van der Waals surface area contributed by atoms with Crippen molar-refractivity contribution in [2.75, 3.05) is 13.1 Å². The van der Waals surface area contributed by atoms with Crippen molar-refractivity contribution in [1.82, 2.24) is 20.4 Å². The number of hydrogen-bond donors (Lipinski definition) is 2. The molecule has 0 aliphatic carbocycles. The van der Waals surface area contributed by atoms with Crippen molar-refractivity contribution in [1.29, 1.82) is 0 Å². The summed E-state index contributed by atoms with van der Waals surface area (Å²) in [6.07, 6.45) is 0.970. The Kier molecular flexibility index (Phi) is 4.03. The Morgan fingerprint density at radius 1 is 1.60 bits per heavy atom. The molecular weight excluding hydrogens is 262 g/mol. The third-order valence-electron chi connectivity index (χ3n) is 3.73. The van der Waals surface area contributed by atoms with Gasteiger partial charge in [-0.05, 0) is 25.8 Å². The maximum atomic E-state index is 12.3. The molecule has 2 N–H and O–H groups in total. The fourth-order valence-electron chi connectivity index (χ4n) is 2.54. The first-order valence-electron chi connectivity index (χ1n) is 6.61. The van der Waals surface area contributed by atoms with Crippen LogP contribution >= 0.6 is 0 Å². The topological polar surface area (TPSA) is 102 Å². The van der Waals surface area contributed by atoms with Gasteiger partial charge in [0.05, 0.1) is 4.92 Å². The average molecular weight is 281 g/mol. The zero-order valence-corrected chi connectivity index (χ0v) is 11.8. The van der Waals surface area contributed by atoms with Gasteiger partial charge in [-0.1, -0.05) is 6.92 Å². The lowest BCUT2D eigenvalue weighted by Crippen LogP contribution is -2.50. The number of nitrogens with one attached hydrogen (secondary N) is 2. The number of rotatable bonds is 3. The molecule has 2 atom stereocenters. The van der Waals surface area contributed by atoms with Gasteiger partial charge < -0.3 is 10.6 Å². The Morgan fingerprint density at radius 3 is 2.90 bits per heavy atom. The lowest BCUT2D eigenvalue weighted by atomic mass is 9.95. The zero-order chi connectivity index (χ0) is 14.9. The minimum Gasteiger partial charge on any atom is -0.346 e. The lowest BCUT2D eigenvalue weighted by molar-refractivity contribution is -0.385. The molecule has 1 aromatic rings. The van der Waals surface area contributed by atoms with E-state index < -0.39 is 10.8 Å². The SMILES string of the molecule is Cc1nn(C)c(C(=O)NC2CNCCC2C)c1[N+](=O)[O-]. The smallest absolute Gasteiger partial charge is 0.322 e. The van der Waals surface area contributed by atoms with E-state index in [9.17, 15) is 14.9 Å². The van der Waals surface area contributed by atoms with Gasteiger partial charge in [-0.2, -0.15) is 5.10 Å². The first kappa shape index (κ1) is 14.4. The molecule has 1 aliphatic rings. The van der Waals surface area contributed by atoms with E-state index in [1.165, 1.54) is 18.7 Å². The summed E-state index contributed by atoms with van der Waals surface area (Å²) in [6.45, 7) is 5.20. The summed E-state index contributed by atoms with van der Waals surface area (Å²) >= 11 is 0. The van der Waals surface area contributed by atoms with Crippen molar-refractivity contribution in [2.24, 2.45) is 13.0 Å². The summed E-state index contributed by atoms with van der Waals surface area (Å²) in [6, 6.07) is -0.0222. The minimum absolute atomic E-state index is 0.00488. The maximum absolute atomic E-state index is 12.3. The van der Waals surface area contributed by atoms with E-state index in [0.717, 1.165) is 13.0 Å². The first-order chi connectivity index (χ1) is 9.41. The second-order valence-corrected chi connectivity index (χ2v) is 5.21. The number of aryl methyl sites for hydroxylation is 2. The van der Waals surface area contributed by atoms with E-state index in [1.54, 1.807) is 0 Å². The number of amides is 1. The summed E-state index contributed by atoms with van der Waals surface area (Å²) in [5.41, 5.74) is 0.0316. The Morgan fingerprint density at radius 2 is 2.30 bits per heavy atom. The van der Waals surface area contributed by atoms with Crippen LogP contribution in [0, 0.1) is 23.0 Å². The molecule has 1 saturated heterocycles. The Balaban J connectivity index is 2.23. The Bertz CT molecular complexity index is 539. The van der Waals surface area contributed by atoms with Crippen molar-refractivity contribution in [3.63, 3.8) is 0 Å². The number of carbonyl (C=O) groups excluding carboxylic acids is 1. The molecule has 0 saturated carbocycles. The van der Waals surface area contributed by atoms with Gasteiger partial charge in [0.15, 0.2) is 0 Å². The summed E-state index contributed by atoms with van der Waals surface area (Å²) in [4.78, 5) is 22.8. The fraction of sp³-hybridized carbons (Fsp3) is 0.667. The molecule has 1 aromatic heterocycles. The van der Waals surface area contributed by atoms with Gasteiger partial charge in [-0.25, -0.2) is 0 Å². The molecule has 0 bridgehead atoms. The predicted molar refractivity (Wildman–Crippen MR) is 72.5 cm³/mol. The molecule has 1 fully saturated rings. The highest BCUT2D eigenvalue weighted by Crippen LogP contribution is 2.22. The van der Waals surface area contributed by atoms with Crippen LogP contribution in [0.25, 0.3) is 0 Å². The normalized spacial score (nSPS) is 22.6. The van der Waals surface area contributed by atoms with Gasteiger partial charge in [-0.3, -0.25) is 19.6 Å². The molecule has 110 valence electrons. The van der Waals surface area contributed by atoms with Gasteiger partial charge in [0.2, 0.25) is 5.69 Å². The van der Waals surface area contributed by atoms with Gasteiger partial charge in [0.1, 0.15) is 5.69 Å². The molecule has 20 heavy (non-hydrogen) atoms. The number of nitrogens with zero attached hydrogens (tertiary/aromatic N) is 3. The van der Waals surface area contributed by atoms with Gasteiger partial charge in [0, 0.05) is 19.6 Å². The van der Waals surface area contributed by atoms with Gasteiger partial charge in [0.25, 0.3) is 5.91 Å². The van der Waals surface area contributed by atoms with Crippen LogP contribution in [0.15, 0.2) is 0 Å². The van der Waals surface area contributed by atoms with E-state index >= 15 is 0 Å². The summed E-state index contributed by atoms with van der Waals surface area (Å²) in [7, 11) is 1.54. The van der Waals surface area contributed by atoms with Crippen LogP contribution in [-0.4, -0.2) is 39.7 Å². The molecule has 0 aromatic carbocycles. The highest BCUT2D eigenvalue weighted by atomic mass is 16.6. The average Bonchev–Trinajstić information content (AvgIpc) is 2.67. The third-order valence-corrected chi connectivity index (χ3v) is 3.73. The highest BCUT2D eigenvalue weighted by molar-refractivity contribution is 5.97. The van der Waals surface area contributed by atoms with Crippen molar-refractivity contribution >= 4 is 11.6 Å². The molecule has 8 heteroatoms. The van der Waals surface area contributed by atoms with Gasteiger partial charge in [-0.15, -0.1) is 0 Å². The van der Waals surface area contributed by atoms with Crippen LogP contribution in [-0.2, 0) is 7.05 Å². The molecular formula is C12H19N5O3. The number of piperidine rings is 1. The quantitative estimate of drug-likeness (QED) is 0.615. The summed E-state index contributed by atoms with van der Waals surface area (Å²) in [5, 5.41) is 21.1. The molecule has 1 amide bonds. The van der Waals surface area contributed by atoms with Crippen LogP contribution in [0.2, 0.25) is 0 Å². The van der Waals surface area contributed by atoms with Crippen molar-refractivity contribution in [3.8, 4) is 0 Å². The van der Waals surface area contributed by atoms with Crippen molar-refractivity contribution in [2.45, 2.75) is 26.3 Å². The number of carbonyl (C=O) groups is 1. The first-order valence-corrected chi connectivity index (χ1v) is 6.61. The van der Waals surface area contributed by atoms with Crippen molar-refractivity contribution < 1.29 is 9.72 Å². The van der Waals surface area contributed by atoms with Crippen LogP contribution in [0.3, 0.4) is 0 Å². The molecule has 2 unspecified atom stereocenters. The predicted octanol–water partition coefficient (Wildman–Crippen LogP) is 0.365. The van der Waals surface area contributed by atoms with Crippen LogP contribution in [0.1, 0.15) is 29.5 Å². The largest absolute Gasteiger partial charge is 0.346 e. The van der Waals surface area contributed by atoms with Crippen LogP contribution in [0.4, 0.5) is 5.69 Å². The Hall–Kier alpha value is -1.96. The van der Waals surface area contributed by atoms with E-state index in [-0.39, 0.29) is 23.1 Å². The van der Waals surface area contributed by atoms with E-state index in [0.29, 0.717) is 12.5 Å². The van der Waals surface area contributed by atoms with Crippen LogP contribution in [0.5, 0.6) is 0 Å². The fourth-order valence-corrected chi connectivity index (χ4v) is 2.54. The van der Waals surface area contributed by atoms with E-state index in [2.05, 4.69) is 22.7 Å². The van der Waals surface area contributed by atoms with Crippen molar-refractivity contribution in [3.05, 3.63) is 21.5 Å². The number of hydrogen-bond acceptors (Lipinski definition) is 5. The summed E-state index contributed by atoms with van der Waals surface area (Å²) in [5.74, 6) is -0.103. The molecule has 2 heterocycles. The lowest BCUT2D eigenvalue weighted by Gasteiger charge is -2.30. The monoisotopic (exact) mass is 281 g/mol. The summed E-state index contributed by atoms with van der Waals surface area (Å²) < 4.78 is 1.27. The minimum atomic E-state index is -0.556. The standard InChI is InChI=1S/C12H19N5O3/c1-7-4-5-13-6-9(7)14-12(18)11-10(17(19)20)8(2)15-16(11)3/h7,9,13H,4-6H2,1-3H3,(H,14,18). The zero-order valence-electron chi connectivity index (χ0n) is 11.8. The third kappa shape index (κ3) is 2.64. The van der Waals surface area contributed by atoms with Gasteiger partial charge >= 0.3 is 5.69 Å². The van der Waals surface area contributed by atoms with E-state index in [1.807, 2.05) is 0 Å². The Labute approximate surface area is 116 Å². The second-order valence-electron chi connectivity index (χ2n) is 5.21. The molecule has 0 radical (unpaired) electrons. The second kappa shape index (κ2) is 5.58. The van der Waals surface area contributed by atoms with E-state index in [4.69, 9.17) is 0 Å². The highest BCUT2D eigenvalue weighted by Gasteiger charge is 2.31. The maximum Gasteiger partial charge on any atom is 0.322 e. The molecule has 1 aliphatic heterocycles. The molecule has 0 spiro atoms. The number of nitro groups is 1. The molecule has 2 rings (SSSR count). The number of aromatic nitrogens is 2. The molecule has 8 nitrogen and oxygen atoms in total. The van der Waals surface area contributed by atoms with Crippen LogP contribution < -0.4 is 10.6 Å².